The summed E-state index contributed by atoms with van der Waals surface area (Å²) >= 11 is 1.76. The molecule has 3 fully saturated rings. The zero-order valence-electron chi connectivity index (χ0n) is 22.6. The summed E-state index contributed by atoms with van der Waals surface area (Å²) in [6.07, 6.45) is 4.97. The maximum atomic E-state index is 5.29. The zero-order chi connectivity index (χ0) is 25.4. The second-order valence-electron chi connectivity index (χ2n) is 11.7. The van der Waals surface area contributed by atoms with Gasteiger partial charge in [-0.15, -0.1) is 11.3 Å². The molecule has 2 aromatic heterocycles. The first-order valence-electron chi connectivity index (χ1n) is 14.0. The van der Waals surface area contributed by atoms with E-state index in [0.717, 1.165) is 62.4 Å². The summed E-state index contributed by atoms with van der Waals surface area (Å²) in [5.41, 5.74) is 6.58. The van der Waals surface area contributed by atoms with Crippen LogP contribution >= 0.6 is 11.3 Å². The van der Waals surface area contributed by atoms with E-state index in [1.54, 1.807) is 11.3 Å². The number of anilines is 2. The number of fused-ring (bicyclic) bond motifs is 1. The summed E-state index contributed by atoms with van der Waals surface area (Å²) in [5, 5.41) is 5.98. The summed E-state index contributed by atoms with van der Waals surface area (Å²) in [6, 6.07) is 10.7. The molecule has 6 rings (SSSR count). The lowest BCUT2D eigenvalue weighted by atomic mass is 9.96. The predicted octanol–water partition coefficient (Wildman–Crippen LogP) is 4.71. The molecule has 0 radical (unpaired) electrons. The topological polar surface area (TPSA) is 50.8 Å². The van der Waals surface area contributed by atoms with Crippen LogP contribution < -0.4 is 15.2 Å². The van der Waals surface area contributed by atoms with E-state index < -0.39 is 0 Å². The van der Waals surface area contributed by atoms with Crippen molar-refractivity contribution in [3.63, 3.8) is 0 Å². The number of thiophene rings is 1. The van der Waals surface area contributed by atoms with Gasteiger partial charge in [0.05, 0.1) is 5.39 Å². The Balaban J connectivity index is 1.25. The summed E-state index contributed by atoms with van der Waals surface area (Å²) in [4.78, 5) is 18.8. The Kier molecular flexibility index (Phi) is 7.09. The lowest BCUT2D eigenvalue weighted by Crippen LogP contribution is -2.50. The minimum absolute atomic E-state index is 0.277. The second-order valence-corrected chi connectivity index (χ2v) is 12.6. The molecule has 198 valence electrons. The van der Waals surface area contributed by atoms with Gasteiger partial charge in [0.1, 0.15) is 10.6 Å². The fraction of sp³-hybridized carbons (Fsp3) is 0.586. The van der Waals surface area contributed by atoms with Crippen LogP contribution in [0.25, 0.3) is 21.3 Å². The molecule has 0 saturated carbocycles. The average Bonchev–Trinajstić information content (AvgIpc) is 3.50. The summed E-state index contributed by atoms with van der Waals surface area (Å²) in [7, 11) is 2.20. The molecule has 8 heteroatoms. The van der Waals surface area contributed by atoms with Crippen molar-refractivity contribution in [3.05, 3.63) is 35.7 Å². The monoisotopic (exact) mass is 519 g/mol. The summed E-state index contributed by atoms with van der Waals surface area (Å²) < 4.78 is 0. The zero-order valence-corrected chi connectivity index (χ0v) is 23.4. The normalized spacial score (nSPS) is 21.8. The molecule has 1 aromatic carbocycles. The second kappa shape index (κ2) is 10.5. The third kappa shape index (κ3) is 5.21. The smallest absolute Gasteiger partial charge is 0.228 e. The Bertz CT molecular complexity index is 1190. The minimum Gasteiger partial charge on any atom is -0.356 e. The Hall–Kier alpha value is -2.26. The minimum atomic E-state index is 0.277. The number of piperazine rings is 1. The molecule has 5 heterocycles. The number of benzene rings is 1. The molecular formula is C29H41N7S. The van der Waals surface area contributed by atoms with Crippen molar-refractivity contribution in [2.75, 3.05) is 69.2 Å². The van der Waals surface area contributed by atoms with Crippen LogP contribution in [0.2, 0.25) is 0 Å². The van der Waals surface area contributed by atoms with E-state index in [0.29, 0.717) is 5.92 Å². The van der Waals surface area contributed by atoms with Gasteiger partial charge in [0.25, 0.3) is 0 Å². The molecule has 3 aromatic rings. The Morgan fingerprint density at radius 2 is 1.70 bits per heavy atom. The molecule has 0 spiro atoms. The van der Waals surface area contributed by atoms with Crippen molar-refractivity contribution >= 4 is 33.3 Å². The highest BCUT2D eigenvalue weighted by Gasteiger charge is 2.33. The number of aromatic nitrogens is 2. The number of likely N-dealkylation sites (N-methyl/N-ethyl adjacent to an activating group) is 1. The fourth-order valence-corrected chi connectivity index (χ4v) is 7.04. The van der Waals surface area contributed by atoms with Crippen LogP contribution in [0.3, 0.4) is 0 Å². The van der Waals surface area contributed by atoms with Gasteiger partial charge in [0.15, 0.2) is 0 Å². The predicted molar refractivity (Wildman–Crippen MR) is 156 cm³/mol. The van der Waals surface area contributed by atoms with Crippen molar-refractivity contribution in [1.82, 2.24) is 25.3 Å². The molecule has 3 aliphatic heterocycles. The van der Waals surface area contributed by atoms with Gasteiger partial charge >= 0.3 is 0 Å². The fourth-order valence-electron chi connectivity index (χ4n) is 6.11. The number of hydrogen-bond donors (Lipinski definition) is 1. The van der Waals surface area contributed by atoms with Crippen LogP contribution in [0.1, 0.15) is 39.5 Å². The van der Waals surface area contributed by atoms with E-state index in [4.69, 9.17) is 9.97 Å². The lowest BCUT2D eigenvalue weighted by Gasteiger charge is -2.37. The van der Waals surface area contributed by atoms with Gasteiger partial charge in [-0.25, -0.2) is 9.99 Å². The number of hydrazine groups is 1. The number of rotatable bonds is 6. The van der Waals surface area contributed by atoms with Crippen LogP contribution in [0, 0.1) is 5.92 Å². The third-order valence-electron chi connectivity index (χ3n) is 8.66. The number of nitrogens with one attached hydrogen (secondary N) is 1. The van der Waals surface area contributed by atoms with E-state index in [2.05, 4.69) is 81.7 Å². The first-order valence-corrected chi connectivity index (χ1v) is 14.9. The molecule has 0 aliphatic carbocycles. The highest BCUT2D eigenvalue weighted by atomic mass is 32.1. The summed E-state index contributed by atoms with van der Waals surface area (Å²) in [6.45, 7) is 13.2. The first kappa shape index (κ1) is 25.0. The maximum Gasteiger partial charge on any atom is 0.228 e. The molecule has 1 N–H and O–H groups in total. The van der Waals surface area contributed by atoms with E-state index in [-0.39, 0.29) is 5.54 Å². The molecule has 0 amide bonds. The van der Waals surface area contributed by atoms with Crippen LogP contribution in [-0.2, 0) is 0 Å². The molecule has 3 aliphatic rings. The Morgan fingerprint density at radius 3 is 2.41 bits per heavy atom. The SMILES string of the molecule is CN1CCN(c2nc(N3CCC(CNN4CCCC4(C)C)CC3)c3c(-c4ccccc4)csc3n2)CC1. The number of piperidine rings is 1. The highest BCUT2D eigenvalue weighted by molar-refractivity contribution is 7.17. The van der Waals surface area contributed by atoms with Gasteiger partial charge in [0.2, 0.25) is 5.95 Å². The van der Waals surface area contributed by atoms with Crippen molar-refractivity contribution in [3.8, 4) is 11.1 Å². The van der Waals surface area contributed by atoms with Crippen molar-refractivity contribution in [1.29, 1.82) is 0 Å². The summed E-state index contributed by atoms with van der Waals surface area (Å²) in [5.74, 6) is 2.74. The van der Waals surface area contributed by atoms with Crippen molar-refractivity contribution in [2.24, 2.45) is 5.92 Å². The first-order chi connectivity index (χ1) is 18.0. The highest BCUT2D eigenvalue weighted by Crippen LogP contribution is 2.40. The third-order valence-corrected chi connectivity index (χ3v) is 9.53. The number of hydrogen-bond acceptors (Lipinski definition) is 8. The van der Waals surface area contributed by atoms with Crippen LogP contribution in [-0.4, -0.2) is 84.8 Å². The van der Waals surface area contributed by atoms with Crippen molar-refractivity contribution in [2.45, 2.75) is 45.1 Å². The lowest BCUT2D eigenvalue weighted by molar-refractivity contribution is 0.0947. The Morgan fingerprint density at radius 1 is 0.946 bits per heavy atom. The van der Waals surface area contributed by atoms with Crippen LogP contribution in [0.5, 0.6) is 0 Å². The molecule has 0 bridgehead atoms. The molecule has 37 heavy (non-hydrogen) atoms. The van der Waals surface area contributed by atoms with E-state index >= 15 is 0 Å². The van der Waals surface area contributed by atoms with Gasteiger partial charge in [-0.1, -0.05) is 30.3 Å². The maximum absolute atomic E-state index is 5.29. The number of nitrogens with zero attached hydrogens (tertiary/aromatic N) is 6. The van der Waals surface area contributed by atoms with E-state index in [1.165, 1.54) is 48.7 Å². The molecule has 7 nitrogen and oxygen atoms in total. The molecule has 3 saturated heterocycles. The van der Waals surface area contributed by atoms with Gasteiger partial charge in [-0.05, 0) is 58.1 Å². The van der Waals surface area contributed by atoms with Crippen molar-refractivity contribution < 1.29 is 0 Å². The van der Waals surface area contributed by atoms with E-state index in [9.17, 15) is 0 Å². The standard InChI is InChI=1S/C29H41N7S/c1-29(2)12-7-13-36(29)30-20-22-10-14-34(15-11-22)26-25-24(23-8-5-4-6-9-23)21-37-27(25)32-28(31-26)35-18-16-33(3)17-19-35/h4-6,8-9,21-22,30H,7,10-20H2,1-3H3. The largest absolute Gasteiger partial charge is 0.356 e. The van der Waals surface area contributed by atoms with Gasteiger partial charge in [-0.2, -0.15) is 4.98 Å². The van der Waals surface area contributed by atoms with Crippen LogP contribution in [0.15, 0.2) is 35.7 Å². The molecule has 0 atom stereocenters. The van der Waals surface area contributed by atoms with Gasteiger partial charge in [0, 0.05) is 68.8 Å². The molecule has 0 unspecified atom stereocenters. The average molecular weight is 520 g/mol. The Labute approximate surface area is 225 Å². The van der Waals surface area contributed by atoms with Crippen LogP contribution in [0.4, 0.5) is 11.8 Å². The molecular weight excluding hydrogens is 478 g/mol. The van der Waals surface area contributed by atoms with Gasteiger partial charge < -0.3 is 14.7 Å². The van der Waals surface area contributed by atoms with E-state index in [1.807, 2.05) is 0 Å². The van der Waals surface area contributed by atoms with Gasteiger partial charge in [-0.3, -0.25) is 5.43 Å². The quantitative estimate of drug-likeness (QED) is 0.506.